The summed E-state index contributed by atoms with van der Waals surface area (Å²) in [5, 5.41) is 0.187. The fraction of sp³-hybridized carbons (Fsp3) is 0. The van der Waals surface area contributed by atoms with Gasteiger partial charge in [-0.2, -0.15) is 8.42 Å². The van der Waals surface area contributed by atoms with Crippen molar-refractivity contribution in [2.45, 2.75) is 4.90 Å². The van der Waals surface area contributed by atoms with Gasteiger partial charge in [0.15, 0.2) is 5.75 Å². The number of anilines is 2. The minimum Gasteiger partial charge on any atom is -0.377 e. The Kier molecular flexibility index (Phi) is 7.88. The number of hydrogen-bond donors (Lipinski definition) is 0. The van der Waals surface area contributed by atoms with E-state index in [-0.39, 0.29) is 37.6 Å². The Hall–Kier alpha value is -4.15. The predicted molar refractivity (Wildman–Crippen MR) is 157 cm³/mol. The predicted octanol–water partition coefficient (Wildman–Crippen LogP) is 7.00. The van der Waals surface area contributed by atoms with E-state index in [4.69, 9.17) is 39.0 Å². The van der Waals surface area contributed by atoms with Crippen LogP contribution in [0.1, 0.15) is 5.56 Å². The molecule has 4 aromatic carbocycles. The molecule has 4 amide bonds. The fourth-order valence-corrected chi connectivity index (χ4v) is 5.72. The molecule has 0 atom stereocenters. The maximum atomic E-state index is 13.7. The summed E-state index contributed by atoms with van der Waals surface area (Å²) in [4.78, 5) is 42.4. The molecule has 0 aliphatic carbocycles. The Balaban J connectivity index is 1.66. The second kappa shape index (κ2) is 11.4. The molecule has 5 rings (SSSR count). The molecule has 206 valence electrons. The zero-order chi connectivity index (χ0) is 29.3. The number of nitrogens with zero attached hydrogens (tertiary/aromatic N) is 2. The van der Waals surface area contributed by atoms with E-state index in [0.717, 1.165) is 15.9 Å². The van der Waals surface area contributed by atoms with Gasteiger partial charge in [0.05, 0.1) is 16.4 Å². The highest BCUT2D eigenvalue weighted by Gasteiger charge is 2.44. The van der Waals surface area contributed by atoms with Gasteiger partial charge in [-0.15, -0.1) is 0 Å². The number of carbonyl (C=O) groups is 3. The number of benzene rings is 4. The highest BCUT2D eigenvalue weighted by atomic mass is 35.5. The Morgan fingerprint density at radius 3 is 1.68 bits per heavy atom. The van der Waals surface area contributed by atoms with E-state index < -0.39 is 33.5 Å². The molecule has 1 saturated heterocycles. The largest absolute Gasteiger partial charge is 0.377 e. The lowest BCUT2D eigenvalue weighted by molar-refractivity contribution is -0.121. The van der Waals surface area contributed by atoms with Gasteiger partial charge in [-0.3, -0.25) is 9.59 Å². The number of para-hydroxylation sites is 2. The first-order valence-electron chi connectivity index (χ1n) is 11.8. The van der Waals surface area contributed by atoms with Gasteiger partial charge in [-0.05, 0) is 66.7 Å². The van der Waals surface area contributed by atoms with Crippen molar-refractivity contribution in [1.82, 2.24) is 0 Å². The quantitative estimate of drug-likeness (QED) is 0.130. The topological polar surface area (TPSA) is 101 Å². The molecule has 0 saturated carbocycles. The minimum absolute atomic E-state index is 0.0738. The lowest BCUT2D eigenvalue weighted by Crippen LogP contribution is -2.57. The second-order valence-corrected chi connectivity index (χ2v) is 11.4. The molecule has 1 fully saturated rings. The monoisotopic (exact) mass is 626 g/mol. The third-order valence-corrected chi connectivity index (χ3v) is 7.90. The van der Waals surface area contributed by atoms with Gasteiger partial charge < -0.3 is 4.18 Å². The summed E-state index contributed by atoms with van der Waals surface area (Å²) in [7, 11) is -4.43. The molecule has 41 heavy (non-hydrogen) atoms. The molecule has 0 N–H and O–H groups in total. The summed E-state index contributed by atoms with van der Waals surface area (Å²) < 4.78 is 31.5. The van der Waals surface area contributed by atoms with Crippen LogP contribution in [0, 0.1) is 0 Å². The van der Waals surface area contributed by atoms with Crippen molar-refractivity contribution in [1.29, 1.82) is 0 Å². The Bertz CT molecular complexity index is 1750. The number of barbiturate groups is 1. The third kappa shape index (κ3) is 5.71. The lowest BCUT2D eigenvalue weighted by atomic mass is 10.0. The standard InChI is InChI=1S/C29H17Cl3N2O6S/c30-19-11-13-23(14-12-19)41(38,39)40-26-18(15-20(31)17-25(26)32)16-24-27(35)33(21-7-3-1-4-8-21)29(37)34(28(24)36)22-9-5-2-6-10-22/h1-17H. The number of halogens is 3. The van der Waals surface area contributed by atoms with Crippen molar-refractivity contribution in [3.05, 3.63) is 123 Å². The number of urea groups is 1. The molecular formula is C29H17Cl3N2O6S. The third-order valence-electron chi connectivity index (χ3n) is 5.91. The van der Waals surface area contributed by atoms with Gasteiger partial charge in [0, 0.05) is 15.6 Å². The SMILES string of the molecule is O=C1C(=Cc2cc(Cl)cc(Cl)c2OS(=O)(=O)c2ccc(Cl)cc2)C(=O)N(c2ccccc2)C(=O)N1c1ccccc1. The van der Waals surface area contributed by atoms with Crippen molar-refractivity contribution in [2.24, 2.45) is 0 Å². The average molecular weight is 628 g/mol. The minimum atomic E-state index is -4.43. The van der Waals surface area contributed by atoms with Crippen molar-refractivity contribution in [3.8, 4) is 5.75 Å². The molecule has 1 aliphatic heterocycles. The van der Waals surface area contributed by atoms with Crippen LogP contribution in [-0.2, 0) is 19.7 Å². The summed E-state index contributed by atoms with van der Waals surface area (Å²) in [6.45, 7) is 0. The normalized spacial score (nSPS) is 13.9. The molecule has 1 aliphatic rings. The second-order valence-electron chi connectivity index (χ2n) is 8.59. The number of rotatable bonds is 6. The zero-order valence-corrected chi connectivity index (χ0v) is 23.8. The molecule has 1 heterocycles. The lowest BCUT2D eigenvalue weighted by Gasteiger charge is -2.34. The molecule has 0 radical (unpaired) electrons. The van der Waals surface area contributed by atoms with Crippen LogP contribution in [0.25, 0.3) is 6.08 Å². The smallest absolute Gasteiger partial charge is 0.343 e. The molecule has 0 aromatic heterocycles. The van der Waals surface area contributed by atoms with Crippen LogP contribution in [0.3, 0.4) is 0 Å². The molecule has 0 bridgehead atoms. The molecule has 8 nitrogen and oxygen atoms in total. The summed E-state index contributed by atoms with van der Waals surface area (Å²) in [5.74, 6) is -2.27. The van der Waals surface area contributed by atoms with E-state index in [1.807, 2.05) is 0 Å². The van der Waals surface area contributed by atoms with E-state index in [2.05, 4.69) is 0 Å². The Morgan fingerprint density at radius 1 is 0.659 bits per heavy atom. The zero-order valence-electron chi connectivity index (χ0n) is 20.7. The number of hydrogen-bond acceptors (Lipinski definition) is 6. The summed E-state index contributed by atoms with van der Waals surface area (Å²) in [6.07, 6.45) is 1.09. The maximum absolute atomic E-state index is 13.7. The molecule has 4 aromatic rings. The van der Waals surface area contributed by atoms with E-state index in [1.165, 1.54) is 60.7 Å². The molecular weight excluding hydrogens is 611 g/mol. The molecule has 0 unspecified atom stereocenters. The van der Waals surface area contributed by atoms with Crippen molar-refractivity contribution >= 4 is 80.2 Å². The van der Waals surface area contributed by atoms with Crippen LogP contribution in [0.4, 0.5) is 16.2 Å². The maximum Gasteiger partial charge on any atom is 0.343 e. The van der Waals surface area contributed by atoms with Gasteiger partial charge in [0.2, 0.25) is 0 Å². The number of imide groups is 2. The first kappa shape index (κ1) is 28.4. The van der Waals surface area contributed by atoms with Gasteiger partial charge in [-0.25, -0.2) is 14.6 Å². The van der Waals surface area contributed by atoms with Gasteiger partial charge in [-0.1, -0.05) is 71.2 Å². The van der Waals surface area contributed by atoms with E-state index >= 15 is 0 Å². The first-order valence-corrected chi connectivity index (χ1v) is 14.3. The Labute approximate surface area is 250 Å². The first-order chi connectivity index (χ1) is 19.6. The van der Waals surface area contributed by atoms with Crippen LogP contribution in [0.15, 0.2) is 108 Å². The average Bonchev–Trinajstić information content (AvgIpc) is 2.94. The summed E-state index contributed by atoms with van der Waals surface area (Å²) >= 11 is 18.4. The molecule has 0 spiro atoms. The van der Waals surface area contributed by atoms with Crippen molar-refractivity contribution in [2.75, 3.05) is 9.80 Å². The van der Waals surface area contributed by atoms with Crippen LogP contribution in [0.2, 0.25) is 15.1 Å². The van der Waals surface area contributed by atoms with Gasteiger partial charge in [0.1, 0.15) is 10.5 Å². The van der Waals surface area contributed by atoms with Crippen molar-refractivity contribution in [3.63, 3.8) is 0 Å². The highest BCUT2D eigenvalue weighted by molar-refractivity contribution is 7.87. The van der Waals surface area contributed by atoms with Gasteiger partial charge in [0.25, 0.3) is 11.8 Å². The highest BCUT2D eigenvalue weighted by Crippen LogP contribution is 2.37. The fourth-order valence-electron chi connectivity index (χ4n) is 4.03. The van der Waals surface area contributed by atoms with Crippen LogP contribution in [-0.4, -0.2) is 26.3 Å². The van der Waals surface area contributed by atoms with E-state index in [9.17, 15) is 22.8 Å². The van der Waals surface area contributed by atoms with Crippen molar-refractivity contribution < 1.29 is 27.0 Å². The molecule has 12 heteroatoms. The Morgan fingerprint density at radius 2 is 1.17 bits per heavy atom. The van der Waals surface area contributed by atoms with Gasteiger partial charge >= 0.3 is 16.1 Å². The number of carbonyl (C=O) groups excluding carboxylic acids is 3. The van der Waals surface area contributed by atoms with E-state index in [0.29, 0.717) is 5.02 Å². The van der Waals surface area contributed by atoms with E-state index in [1.54, 1.807) is 36.4 Å². The van der Waals surface area contributed by atoms with Crippen LogP contribution >= 0.6 is 34.8 Å². The summed E-state index contributed by atoms with van der Waals surface area (Å²) in [6, 6.07) is 23.0. The summed E-state index contributed by atoms with van der Waals surface area (Å²) in [5.41, 5.74) is -0.128. The van der Waals surface area contributed by atoms with Crippen LogP contribution < -0.4 is 14.0 Å². The van der Waals surface area contributed by atoms with Crippen LogP contribution in [0.5, 0.6) is 5.75 Å². The number of amides is 4.